The molecule has 1 saturated heterocycles. The van der Waals surface area contributed by atoms with Gasteiger partial charge in [0.1, 0.15) is 0 Å². The zero-order valence-corrected chi connectivity index (χ0v) is 11.8. The van der Waals surface area contributed by atoms with E-state index in [4.69, 9.17) is 5.73 Å². The van der Waals surface area contributed by atoms with Crippen LogP contribution in [0.25, 0.3) is 10.8 Å². The van der Waals surface area contributed by atoms with E-state index in [-0.39, 0.29) is 0 Å². The predicted molar refractivity (Wildman–Crippen MR) is 84.9 cm³/mol. The molecule has 4 heteroatoms. The minimum Gasteiger partial charge on any atom is -0.398 e. The predicted octanol–water partition coefficient (Wildman–Crippen LogP) is 2.71. The van der Waals surface area contributed by atoms with Gasteiger partial charge in [0.25, 0.3) is 0 Å². The second-order valence-corrected chi connectivity index (χ2v) is 5.45. The van der Waals surface area contributed by atoms with Gasteiger partial charge in [0.15, 0.2) is 0 Å². The summed E-state index contributed by atoms with van der Waals surface area (Å²) < 4.78 is 0. The summed E-state index contributed by atoms with van der Waals surface area (Å²) >= 11 is 0. The molecular weight excluding hydrogens is 248 g/mol. The maximum atomic E-state index is 6.00. The first-order chi connectivity index (χ1) is 9.84. The summed E-state index contributed by atoms with van der Waals surface area (Å²) in [5.74, 6) is 0. The van der Waals surface area contributed by atoms with Crippen LogP contribution in [0.1, 0.15) is 19.3 Å². The zero-order chi connectivity index (χ0) is 13.8. The molecule has 0 amide bonds. The molecule has 0 unspecified atom stereocenters. The van der Waals surface area contributed by atoms with Crippen molar-refractivity contribution in [2.24, 2.45) is 0 Å². The van der Waals surface area contributed by atoms with E-state index in [1.54, 1.807) is 6.20 Å². The molecule has 106 valence electrons. The van der Waals surface area contributed by atoms with Crippen molar-refractivity contribution in [2.75, 3.05) is 37.2 Å². The number of nitrogens with one attached hydrogen (secondary N) is 1. The van der Waals surface area contributed by atoms with E-state index in [1.165, 1.54) is 38.9 Å². The number of likely N-dealkylation sites (tertiary alicyclic amines) is 1. The van der Waals surface area contributed by atoms with Crippen LogP contribution >= 0.6 is 0 Å². The number of nitrogen functional groups attached to an aromatic ring is 1. The number of nitrogens with two attached hydrogens (primary N) is 1. The van der Waals surface area contributed by atoms with E-state index in [1.807, 2.05) is 18.3 Å². The lowest BCUT2D eigenvalue weighted by atomic mass is 10.1. The van der Waals surface area contributed by atoms with Crippen molar-refractivity contribution in [2.45, 2.75) is 19.3 Å². The first-order valence-corrected chi connectivity index (χ1v) is 7.43. The zero-order valence-electron chi connectivity index (χ0n) is 11.8. The average molecular weight is 270 g/mol. The average Bonchev–Trinajstić information content (AvgIpc) is 2.99. The number of benzene rings is 1. The van der Waals surface area contributed by atoms with E-state index in [0.717, 1.165) is 28.7 Å². The Morgan fingerprint density at radius 1 is 1.15 bits per heavy atom. The molecule has 2 heterocycles. The van der Waals surface area contributed by atoms with Crippen molar-refractivity contribution >= 4 is 22.1 Å². The van der Waals surface area contributed by atoms with Crippen molar-refractivity contribution in [1.82, 2.24) is 9.88 Å². The van der Waals surface area contributed by atoms with E-state index in [0.29, 0.717) is 0 Å². The third kappa shape index (κ3) is 2.85. The quantitative estimate of drug-likeness (QED) is 0.648. The highest BCUT2D eigenvalue weighted by Crippen LogP contribution is 2.27. The minimum absolute atomic E-state index is 0.810. The Kier molecular flexibility index (Phi) is 4.02. The molecule has 1 aromatic carbocycles. The van der Waals surface area contributed by atoms with Gasteiger partial charge in [-0.3, -0.25) is 4.98 Å². The highest BCUT2D eigenvalue weighted by atomic mass is 15.1. The van der Waals surface area contributed by atoms with Crippen molar-refractivity contribution in [1.29, 1.82) is 0 Å². The molecule has 3 N–H and O–H groups in total. The van der Waals surface area contributed by atoms with E-state index in [2.05, 4.69) is 21.3 Å². The van der Waals surface area contributed by atoms with Crippen LogP contribution in [-0.2, 0) is 0 Å². The van der Waals surface area contributed by atoms with Gasteiger partial charge in [0.2, 0.25) is 0 Å². The lowest BCUT2D eigenvalue weighted by Gasteiger charge is -2.15. The number of fused-ring (bicyclic) bond motifs is 1. The van der Waals surface area contributed by atoms with Gasteiger partial charge in [0.05, 0.1) is 0 Å². The SMILES string of the molecule is Nc1ccc(NCCCN2CCCC2)c2cnccc12. The van der Waals surface area contributed by atoms with Gasteiger partial charge in [-0.1, -0.05) is 0 Å². The summed E-state index contributed by atoms with van der Waals surface area (Å²) in [5.41, 5.74) is 7.94. The number of nitrogens with zero attached hydrogens (tertiary/aromatic N) is 2. The summed E-state index contributed by atoms with van der Waals surface area (Å²) in [6, 6.07) is 5.99. The molecule has 1 aliphatic rings. The van der Waals surface area contributed by atoms with Crippen molar-refractivity contribution in [3.05, 3.63) is 30.6 Å². The maximum absolute atomic E-state index is 6.00. The number of pyridine rings is 1. The third-order valence-corrected chi connectivity index (χ3v) is 4.02. The third-order valence-electron chi connectivity index (χ3n) is 4.02. The van der Waals surface area contributed by atoms with Crippen LogP contribution in [0, 0.1) is 0 Å². The van der Waals surface area contributed by atoms with Gasteiger partial charge >= 0.3 is 0 Å². The molecule has 0 spiro atoms. The molecule has 1 aromatic heterocycles. The van der Waals surface area contributed by atoms with Crippen LogP contribution in [0.5, 0.6) is 0 Å². The fraction of sp³-hybridized carbons (Fsp3) is 0.438. The Labute approximate surface area is 120 Å². The molecule has 0 atom stereocenters. The summed E-state index contributed by atoms with van der Waals surface area (Å²) in [6.07, 6.45) is 7.57. The van der Waals surface area contributed by atoms with Crippen LogP contribution in [-0.4, -0.2) is 36.1 Å². The lowest BCUT2D eigenvalue weighted by Crippen LogP contribution is -2.22. The minimum atomic E-state index is 0.810. The standard InChI is InChI=1S/C16H22N4/c17-15-4-5-16(14-12-18-8-6-13(14)15)19-7-3-11-20-9-1-2-10-20/h4-6,8,12,19H,1-3,7,9-11,17H2. The molecule has 1 aliphatic heterocycles. The molecule has 0 aliphatic carbocycles. The van der Waals surface area contributed by atoms with Crippen molar-refractivity contribution in [3.8, 4) is 0 Å². The highest BCUT2D eigenvalue weighted by molar-refractivity contribution is 6.00. The van der Waals surface area contributed by atoms with Crippen LogP contribution in [0.3, 0.4) is 0 Å². The Hall–Kier alpha value is -1.81. The largest absolute Gasteiger partial charge is 0.398 e. The lowest BCUT2D eigenvalue weighted by molar-refractivity contribution is 0.337. The van der Waals surface area contributed by atoms with E-state index >= 15 is 0 Å². The van der Waals surface area contributed by atoms with Crippen molar-refractivity contribution < 1.29 is 0 Å². The summed E-state index contributed by atoms with van der Waals surface area (Å²) in [4.78, 5) is 6.75. The maximum Gasteiger partial charge on any atom is 0.0437 e. The van der Waals surface area contributed by atoms with Crippen LogP contribution in [0.4, 0.5) is 11.4 Å². The van der Waals surface area contributed by atoms with Gasteiger partial charge in [-0.25, -0.2) is 0 Å². The fourth-order valence-corrected chi connectivity index (χ4v) is 2.90. The van der Waals surface area contributed by atoms with Gasteiger partial charge in [-0.15, -0.1) is 0 Å². The number of aromatic nitrogens is 1. The molecule has 1 fully saturated rings. The molecule has 0 saturated carbocycles. The molecule has 20 heavy (non-hydrogen) atoms. The van der Waals surface area contributed by atoms with Gasteiger partial charge in [-0.05, 0) is 57.1 Å². The number of hydrogen-bond acceptors (Lipinski definition) is 4. The molecule has 4 nitrogen and oxygen atoms in total. The summed E-state index contributed by atoms with van der Waals surface area (Å²) in [5, 5.41) is 5.70. The summed E-state index contributed by atoms with van der Waals surface area (Å²) in [7, 11) is 0. The highest BCUT2D eigenvalue weighted by Gasteiger charge is 2.10. The van der Waals surface area contributed by atoms with Crippen molar-refractivity contribution in [3.63, 3.8) is 0 Å². The second-order valence-electron chi connectivity index (χ2n) is 5.45. The molecular formula is C16H22N4. The number of anilines is 2. The first-order valence-electron chi connectivity index (χ1n) is 7.43. The summed E-state index contributed by atoms with van der Waals surface area (Å²) in [6.45, 7) is 4.73. The van der Waals surface area contributed by atoms with Gasteiger partial charge < -0.3 is 16.0 Å². The van der Waals surface area contributed by atoms with E-state index in [9.17, 15) is 0 Å². The normalized spacial score (nSPS) is 15.8. The smallest absolute Gasteiger partial charge is 0.0437 e. The number of rotatable bonds is 5. The Balaban J connectivity index is 1.61. The van der Waals surface area contributed by atoms with Crippen LogP contribution < -0.4 is 11.1 Å². The monoisotopic (exact) mass is 270 g/mol. The van der Waals surface area contributed by atoms with Gasteiger partial charge in [-0.2, -0.15) is 0 Å². The van der Waals surface area contributed by atoms with E-state index < -0.39 is 0 Å². The Morgan fingerprint density at radius 2 is 2.00 bits per heavy atom. The second kappa shape index (κ2) is 6.09. The van der Waals surface area contributed by atoms with Gasteiger partial charge in [0, 0.05) is 41.1 Å². The fourth-order valence-electron chi connectivity index (χ4n) is 2.90. The Bertz CT molecular complexity index is 576. The molecule has 0 radical (unpaired) electrons. The topological polar surface area (TPSA) is 54.2 Å². The number of hydrogen-bond donors (Lipinski definition) is 2. The molecule has 3 rings (SSSR count). The first kappa shape index (κ1) is 13.2. The Morgan fingerprint density at radius 3 is 2.85 bits per heavy atom. The molecule has 2 aromatic rings. The van der Waals surface area contributed by atoms with Crippen LogP contribution in [0.2, 0.25) is 0 Å². The molecule has 0 bridgehead atoms. The van der Waals surface area contributed by atoms with Crippen LogP contribution in [0.15, 0.2) is 30.6 Å².